The number of nitrogen functional groups attached to an aromatic ring is 1. The van der Waals surface area contributed by atoms with Crippen molar-refractivity contribution in [3.63, 3.8) is 0 Å². The number of hydrogen-bond acceptors (Lipinski definition) is 6. The summed E-state index contributed by atoms with van der Waals surface area (Å²) >= 11 is 0. The molecule has 1 aromatic heterocycles. The van der Waals surface area contributed by atoms with Crippen molar-refractivity contribution in [2.45, 2.75) is 39.0 Å². The normalized spacial score (nSPS) is 14.5. The van der Waals surface area contributed by atoms with E-state index in [1.165, 1.54) is 0 Å². The summed E-state index contributed by atoms with van der Waals surface area (Å²) < 4.78 is 10.8. The Kier molecular flexibility index (Phi) is 5.61. The number of anilines is 2. The van der Waals surface area contributed by atoms with Crippen LogP contribution >= 0.6 is 0 Å². The third-order valence-electron chi connectivity index (χ3n) is 3.24. The third kappa shape index (κ3) is 4.74. The fourth-order valence-corrected chi connectivity index (χ4v) is 1.90. The molecule has 1 aromatic rings. The second-order valence-corrected chi connectivity index (χ2v) is 5.90. The highest BCUT2D eigenvalue weighted by molar-refractivity contribution is 5.67. The second-order valence-electron chi connectivity index (χ2n) is 5.90. The Bertz CT molecular complexity index is 461. The average Bonchev–Trinajstić information content (AvgIpc) is 3.28. The zero-order chi connectivity index (χ0) is 15.2. The van der Waals surface area contributed by atoms with Crippen LogP contribution < -0.4 is 15.8 Å². The van der Waals surface area contributed by atoms with Gasteiger partial charge in [0.05, 0.1) is 6.61 Å². The summed E-state index contributed by atoms with van der Waals surface area (Å²) in [5.41, 5.74) is 6.63. The van der Waals surface area contributed by atoms with Gasteiger partial charge in [0.15, 0.2) is 5.82 Å². The highest BCUT2D eigenvalue weighted by Crippen LogP contribution is 2.40. The van der Waals surface area contributed by atoms with Crippen LogP contribution in [0.4, 0.5) is 11.5 Å². The Morgan fingerprint density at radius 3 is 2.71 bits per heavy atom. The SMILES string of the molecule is COCCCNc1nc(C2CC2)nc(OCC(C)C)c1N. The molecule has 0 aliphatic heterocycles. The summed E-state index contributed by atoms with van der Waals surface area (Å²) in [6.07, 6.45) is 3.20. The molecule has 1 heterocycles. The first-order valence-electron chi connectivity index (χ1n) is 7.64. The number of rotatable bonds is 9. The van der Waals surface area contributed by atoms with Gasteiger partial charge in [-0.25, -0.2) is 4.98 Å². The van der Waals surface area contributed by atoms with Gasteiger partial charge in [0.1, 0.15) is 11.5 Å². The quantitative estimate of drug-likeness (QED) is 0.681. The van der Waals surface area contributed by atoms with Crippen molar-refractivity contribution in [2.24, 2.45) is 5.92 Å². The molecule has 1 aliphatic rings. The third-order valence-corrected chi connectivity index (χ3v) is 3.24. The summed E-state index contributed by atoms with van der Waals surface area (Å²) in [4.78, 5) is 9.04. The molecule has 1 fully saturated rings. The van der Waals surface area contributed by atoms with E-state index in [0.717, 1.165) is 31.6 Å². The first-order valence-corrected chi connectivity index (χ1v) is 7.64. The zero-order valence-corrected chi connectivity index (χ0v) is 13.2. The Morgan fingerprint density at radius 2 is 2.10 bits per heavy atom. The van der Waals surface area contributed by atoms with E-state index in [9.17, 15) is 0 Å². The Balaban J connectivity index is 2.09. The van der Waals surface area contributed by atoms with Crippen LogP contribution in [0, 0.1) is 5.92 Å². The van der Waals surface area contributed by atoms with E-state index in [-0.39, 0.29) is 0 Å². The maximum absolute atomic E-state index is 6.13. The molecule has 0 radical (unpaired) electrons. The van der Waals surface area contributed by atoms with Gasteiger partial charge in [-0.3, -0.25) is 0 Å². The Morgan fingerprint density at radius 1 is 1.33 bits per heavy atom. The number of nitrogens with one attached hydrogen (secondary N) is 1. The summed E-state index contributed by atoms with van der Waals surface area (Å²) in [5, 5.41) is 3.26. The minimum atomic E-state index is 0.432. The zero-order valence-electron chi connectivity index (χ0n) is 13.2. The van der Waals surface area contributed by atoms with Gasteiger partial charge in [-0.15, -0.1) is 0 Å². The fraction of sp³-hybridized carbons (Fsp3) is 0.733. The van der Waals surface area contributed by atoms with E-state index < -0.39 is 0 Å². The molecule has 118 valence electrons. The van der Waals surface area contributed by atoms with E-state index in [2.05, 4.69) is 29.1 Å². The Hall–Kier alpha value is -1.56. The maximum atomic E-state index is 6.13. The van der Waals surface area contributed by atoms with Crippen molar-refractivity contribution in [2.75, 3.05) is 37.9 Å². The molecule has 0 spiro atoms. The first-order chi connectivity index (χ1) is 10.1. The average molecular weight is 294 g/mol. The number of hydrogen-bond donors (Lipinski definition) is 2. The standard InChI is InChI=1S/C15H26N4O2/c1-10(2)9-21-15-12(16)14(17-7-4-8-20-3)18-13(19-15)11-5-6-11/h10-11H,4-9,16H2,1-3H3,(H,17,18,19). The molecule has 0 bridgehead atoms. The highest BCUT2D eigenvalue weighted by Gasteiger charge is 2.28. The van der Waals surface area contributed by atoms with Crippen molar-refractivity contribution in [1.82, 2.24) is 9.97 Å². The van der Waals surface area contributed by atoms with Crippen molar-refractivity contribution < 1.29 is 9.47 Å². The molecule has 0 amide bonds. The second kappa shape index (κ2) is 7.45. The lowest BCUT2D eigenvalue weighted by Gasteiger charge is -2.15. The van der Waals surface area contributed by atoms with E-state index in [1.807, 2.05) is 0 Å². The molecule has 6 heteroatoms. The number of ether oxygens (including phenoxy) is 2. The molecule has 3 N–H and O–H groups in total. The minimum absolute atomic E-state index is 0.432. The monoisotopic (exact) mass is 294 g/mol. The van der Waals surface area contributed by atoms with Gasteiger partial charge in [0.25, 0.3) is 0 Å². The molecule has 0 atom stereocenters. The molecule has 1 saturated carbocycles. The van der Waals surface area contributed by atoms with Crippen LogP contribution in [0.1, 0.15) is 44.9 Å². The number of nitrogens with two attached hydrogens (primary N) is 1. The summed E-state index contributed by atoms with van der Waals surface area (Å²) in [7, 11) is 1.70. The fourth-order valence-electron chi connectivity index (χ4n) is 1.90. The smallest absolute Gasteiger partial charge is 0.242 e. The minimum Gasteiger partial charge on any atom is -0.476 e. The summed E-state index contributed by atoms with van der Waals surface area (Å²) in [5.74, 6) is 2.93. The maximum Gasteiger partial charge on any atom is 0.242 e. The van der Waals surface area contributed by atoms with Crippen LogP contribution in [0.3, 0.4) is 0 Å². The van der Waals surface area contributed by atoms with Crippen molar-refractivity contribution >= 4 is 11.5 Å². The van der Waals surface area contributed by atoms with Crippen LogP contribution in [0.5, 0.6) is 5.88 Å². The Labute approximate surface area is 126 Å². The topological polar surface area (TPSA) is 82.3 Å². The molecular formula is C15H26N4O2. The van der Waals surface area contributed by atoms with Gasteiger partial charge in [-0.2, -0.15) is 4.98 Å². The van der Waals surface area contributed by atoms with Crippen LogP contribution in [-0.4, -0.2) is 36.8 Å². The van der Waals surface area contributed by atoms with Gasteiger partial charge < -0.3 is 20.5 Å². The van der Waals surface area contributed by atoms with Gasteiger partial charge in [0, 0.05) is 26.2 Å². The summed E-state index contributed by atoms with van der Waals surface area (Å²) in [6.45, 7) is 6.29. The highest BCUT2D eigenvalue weighted by atomic mass is 16.5. The molecule has 0 aromatic carbocycles. The van der Waals surface area contributed by atoms with Crippen LogP contribution in [0.15, 0.2) is 0 Å². The molecule has 0 saturated heterocycles. The van der Waals surface area contributed by atoms with Crippen molar-refractivity contribution in [3.8, 4) is 5.88 Å². The van der Waals surface area contributed by atoms with Gasteiger partial charge in [0.2, 0.25) is 5.88 Å². The lowest BCUT2D eigenvalue weighted by Crippen LogP contribution is -2.14. The van der Waals surface area contributed by atoms with E-state index >= 15 is 0 Å². The van der Waals surface area contributed by atoms with Crippen LogP contribution in [-0.2, 0) is 4.74 Å². The molecule has 1 aliphatic carbocycles. The molecule has 0 unspecified atom stereocenters. The number of methoxy groups -OCH3 is 1. The van der Waals surface area contributed by atoms with E-state index in [0.29, 0.717) is 42.4 Å². The van der Waals surface area contributed by atoms with Crippen LogP contribution in [0.25, 0.3) is 0 Å². The van der Waals surface area contributed by atoms with Gasteiger partial charge >= 0.3 is 0 Å². The predicted molar refractivity (Wildman–Crippen MR) is 83.7 cm³/mol. The van der Waals surface area contributed by atoms with E-state index in [1.54, 1.807) is 7.11 Å². The van der Waals surface area contributed by atoms with Crippen molar-refractivity contribution in [3.05, 3.63) is 5.82 Å². The van der Waals surface area contributed by atoms with Gasteiger partial charge in [-0.05, 0) is 25.2 Å². The van der Waals surface area contributed by atoms with Gasteiger partial charge in [-0.1, -0.05) is 13.8 Å². The lowest BCUT2D eigenvalue weighted by molar-refractivity contribution is 0.197. The molecule has 2 rings (SSSR count). The number of nitrogens with zero attached hydrogens (tertiary/aromatic N) is 2. The van der Waals surface area contributed by atoms with E-state index in [4.69, 9.17) is 15.2 Å². The molecular weight excluding hydrogens is 268 g/mol. The lowest BCUT2D eigenvalue weighted by atomic mass is 10.2. The number of aromatic nitrogens is 2. The molecule has 6 nitrogen and oxygen atoms in total. The first kappa shape index (κ1) is 15.8. The van der Waals surface area contributed by atoms with Crippen LogP contribution in [0.2, 0.25) is 0 Å². The van der Waals surface area contributed by atoms with Crippen molar-refractivity contribution in [1.29, 1.82) is 0 Å². The predicted octanol–water partition coefficient (Wildman–Crippen LogP) is 2.42. The molecule has 21 heavy (non-hydrogen) atoms. The largest absolute Gasteiger partial charge is 0.476 e. The summed E-state index contributed by atoms with van der Waals surface area (Å²) in [6, 6.07) is 0.